The Bertz CT molecular complexity index is 614. The smallest absolute Gasteiger partial charge is 0.273 e. The SMILES string of the molecule is Cc1cc(SCc2ccccc2[N+](=O)[O-])ccc1N. The first-order chi connectivity index (χ1) is 9.08. The number of para-hydroxylation sites is 1. The highest BCUT2D eigenvalue weighted by atomic mass is 32.2. The molecule has 0 aromatic heterocycles. The van der Waals surface area contributed by atoms with E-state index in [4.69, 9.17) is 5.73 Å². The molecule has 0 aliphatic heterocycles. The Morgan fingerprint density at radius 1 is 1.26 bits per heavy atom. The van der Waals surface area contributed by atoms with Crippen molar-refractivity contribution in [3.05, 3.63) is 63.7 Å². The van der Waals surface area contributed by atoms with Crippen molar-refractivity contribution >= 4 is 23.1 Å². The van der Waals surface area contributed by atoms with Gasteiger partial charge in [0, 0.05) is 28.0 Å². The molecule has 0 bridgehead atoms. The molecule has 2 aromatic carbocycles. The van der Waals surface area contributed by atoms with Gasteiger partial charge in [0.2, 0.25) is 0 Å². The molecule has 0 unspecified atom stereocenters. The quantitative estimate of drug-likeness (QED) is 0.399. The van der Waals surface area contributed by atoms with Gasteiger partial charge in [-0.1, -0.05) is 18.2 Å². The van der Waals surface area contributed by atoms with Crippen molar-refractivity contribution in [2.24, 2.45) is 0 Å². The van der Waals surface area contributed by atoms with E-state index in [2.05, 4.69) is 0 Å². The van der Waals surface area contributed by atoms with Crippen LogP contribution >= 0.6 is 11.8 Å². The lowest BCUT2D eigenvalue weighted by Crippen LogP contribution is -1.93. The highest BCUT2D eigenvalue weighted by molar-refractivity contribution is 7.98. The van der Waals surface area contributed by atoms with Gasteiger partial charge in [-0.2, -0.15) is 0 Å². The van der Waals surface area contributed by atoms with E-state index in [0.29, 0.717) is 5.75 Å². The van der Waals surface area contributed by atoms with Gasteiger partial charge in [0.05, 0.1) is 4.92 Å². The summed E-state index contributed by atoms with van der Waals surface area (Å²) in [4.78, 5) is 11.6. The van der Waals surface area contributed by atoms with Gasteiger partial charge >= 0.3 is 0 Å². The third-order valence-corrected chi connectivity index (χ3v) is 3.87. The molecule has 0 atom stereocenters. The van der Waals surface area contributed by atoms with Gasteiger partial charge in [-0.25, -0.2) is 0 Å². The molecule has 0 heterocycles. The van der Waals surface area contributed by atoms with Crippen molar-refractivity contribution in [2.75, 3.05) is 5.73 Å². The fourth-order valence-electron chi connectivity index (χ4n) is 1.71. The highest BCUT2D eigenvalue weighted by Crippen LogP contribution is 2.29. The van der Waals surface area contributed by atoms with Gasteiger partial charge in [0.1, 0.15) is 0 Å². The number of anilines is 1. The largest absolute Gasteiger partial charge is 0.399 e. The summed E-state index contributed by atoms with van der Waals surface area (Å²) < 4.78 is 0. The van der Waals surface area contributed by atoms with Crippen molar-refractivity contribution in [1.29, 1.82) is 0 Å². The van der Waals surface area contributed by atoms with Gasteiger partial charge in [0.25, 0.3) is 5.69 Å². The van der Waals surface area contributed by atoms with Crippen LogP contribution in [0.4, 0.5) is 11.4 Å². The number of nitrogens with two attached hydrogens (primary N) is 1. The van der Waals surface area contributed by atoms with E-state index in [1.165, 1.54) is 6.07 Å². The molecule has 0 aliphatic rings. The number of rotatable bonds is 4. The normalized spacial score (nSPS) is 10.4. The minimum Gasteiger partial charge on any atom is -0.399 e. The summed E-state index contributed by atoms with van der Waals surface area (Å²) in [5, 5.41) is 10.9. The molecule has 0 saturated carbocycles. The average Bonchev–Trinajstić information content (AvgIpc) is 2.40. The van der Waals surface area contributed by atoms with Crippen molar-refractivity contribution in [2.45, 2.75) is 17.6 Å². The Morgan fingerprint density at radius 2 is 2.00 bits per heavy atom. The molecule has 2 rings (SSSR count). The highest BCUT2D eigenvalue weighted by Gasteiger charge is 2.12. The maximum Gasteiger partial charge on any atom is 0.273 e. The van der Waals surface area contributed by atoms with Crippen LogP contribution in [0.2, 0.25) is 0 Å². The second kappa shape index (κ2) is 5.75. The summed E-state index contributed by atoms with van der Waals surface area (Å²) in [5.41, 5.74) is 8.44. The number of nitro groups is 1. The second-order valence-electron chi connectivity index (χ2n) is 4.19. The lowest BCUT2D eigenvalue weighted by Gasteiger charge is -2.05. The van der Waals surface area contributed by atoms with Crippen LogP contribution < -0.4 is 5.73 Å². The minimum atomic E-state index is -0.343. The summed E-state index contributed by atoms with van der Waals surface area (Å²) >= 11 is 1.57. The third-order valence-electron chi connectivity index (χ3n) is 2.82. The van der Waals surface area contributed by atoms with E-state index >= 15 is 0 Å². The van der Waals surface area contributed by atoms with Crippen LogP contribution in [-0.4, -0.2) is 4.92 Å². The molecule has 0 saturated heterocycles. The van der Waals surface area contributed by atoms with Crippen LogP contribution in [0.5, 0.6) is 0 Å². The molecular weight excluding hydrogens is 260 g/mol. The molecule has 98 valence electrons. The van der Waals surface area contributed by atoms with Crippen LogP contribution in [-0.2, 0) is 5.75 Å². The van der Waals surface area contributed by atoms with Crippen molar-refractivity contribution < 1.29 is 4.92 Å². The van der Waals surface area contributed by atoms with Crippen molar-refractivity contribution in [3.63, 3.8) is 0 Å². The first kappa shape index (κ1) is 13.4. The Hall–Kier alpha value is -2.01. The molecule has 4 nitrogen and oxygen atoms in total. The standard InChI is InChI=1S/C14H14N2O2S/c1-10-8-12(6-7-13(10)15)19-9-11-4-2-3-5-14(11)16(17)18/h2-8H,9,15H2,1H3. The minimum absolute atomic E-state index is 0.169. The number of aryl methyl sites for hydroxylation is 1. The van der Waals surface area contributed by atoms with Crippen LogP contribution in [0.3, 0.4) is 0 Å². The molecule has 0 spiro atoms. The maximum absolute atomic E-state index is 10.9. The monoisotopic (exact) mass is 274 g/mol. The zero-order valence-corrected chi connectivity index (χ0v) is 11.3. The second-order valence-corrected chi connectivity index (χ2v) is 5.24. The van der Waals surface area contributed by atoms with Gasteiger partial charge in [-0.3, -0.25) is 10.1 Å². The van der Waals surface area contributed by atoms with Crippen LogP contribution in [0, 0.1) is 17.0 Å². The fourth-order valence-corrected chi connectivity index (χ4v) is 2.70. The maximum atomic E-state index is 10.9. The number of nitro benzene ring substituents is 1. The van der Waals surface area contributed by atoms with E-state index in [9.17, 15) is 10.1 Å². The van der Waals surface area contributed by atoms with Gasteiger partial charge in [-0.15, -0.1) is 11.8 Å². The van der Waals surface area contributed by atoms with E-state index < -0.39 is 0 Å². The van der Waals surface area contributed by atoms with Crippen LogP contribution in [0.15, 0.2) is 47.4 Å². The Kier molecular flexibility index (Phi) is 4.06. The van der Waals surface area contributed by atoms with E-state index in [-0.39, 0.29) is 10.6 Å². The number of hydrogen-bond donors (Lipinski definition) is 1. The topological polar surface area (TPSA) is 69.2 Å². The number of thioether (sulfide) groups is 1. The van der Waals surface area contributed by atoms with Gasteiger partial charge < -0.3 is 5.73 Å². The Morgan fingerprint density at radius 3 is 2.68 bits per heavy atom. The summed E-state index contributed by atoms with van der Waals surface area (Å²) in [6.45, 7) is 1.95. The van der Waals surface area contributed by atoms with Gasteiger partial charge in [-0.05, 0) is 30.7 Å². The van der Waals surface area contributed by atoms with E-state index in [1.807, 2.05) is 31.2 Å². The number of nitrogens with zero attached hydrogens (tertiary/aromatic N) is 1. The molecule has 2 aromatic rings. The zero-order valence-electron chi connectivity index (χ0n) is 10.5. The number of nitrogen functional groups attached to an aromatic ring is 1. The summed E-state index contributed by atoms with van der Waals surface area (Å²) in [6, 6.07) is 12.6. The molecule has 0 radical (unpaired) electrons. The first-order valence-electron chi connectivity index (χ1n) is 5.79. The molecule has 19 heavy (non-hydrogen) atoms. The molecule has 0 amide bonds. The average molecular weight is 274 g/mol. The predicted molar refractivity (Wildman–Crippen MR) is 78.2 cm³/mol. The zero-order chi connectivity index (χ0) is 13.8. The molecule has 0 fully saturated rings. The summed E-state index contributed by atoms with van der Waals surface area (Å²) in [6.07, 6.45) is 0. The lowest BCUT2D eigenvalue weighted by atomic mass is 10.2. The molecule has 0 aliphatic carbocycles. The summed E-state index contributed by atoms with van der Waals surface area (Å²) in [7, 11) is 0. The van der Waals surface area contributed by atoms with Crippen LogP contribution in [0.25, 0.3) is 0 Å². The molecule has 2 N–H and O–H groups in total. The molecule has 5 heteroatoms. The molecular formula is C14H14N2O2S. The fraction of sp³-hybridized carbons (Fsp3) is 0.143. The number of benzene rings is 2. The Labute approximate surface area is 115 Å². The predicted octanol–water partition coefficient (Wildman–Crippen LogP) is 3.78. The van der Waals surface area contributed by atoms with Crippen molar-refractivity contribution in [3.8, 4) is 0 Å². The van der Waals surface area contributed by atoms with Gasteiger partial charge in [0.15, 0.2) is 0 Å². The van der Waals surface area contributed by atoms with E-state index in [0.717, 1.165) is 21.7 Å². The number of hydrogen-bond acceptors (Lipinski definition) is 4. The summed E-state index contributed by atoms with van der Waals surface area (Å²) in [5.74, 6) is 0.570. The Balaban J connectivity index is 2.14. The lowest BCUT2D eigenvalue weighted by molar-refractivity contribution is -0.385. The first-order valence-corrected chi connectivity index (χ1v) is 6.77. The van der Waals surface area contributed by atoms with E-state index in [1.54, 1.807) is 23.9 Å². The third kappa shape index (κ3) is 3.26. The van der Waals surface area contributed by atoms with Crippen molar-refractivity contribution in [1.82, 2.24) is 0 Å². The van der Waals surface area contributed by atoms with Crippen LogP contribution in [0.1, 0.15) is 11.1 Å².